The van der Waals surface area contributed by atoms with Crippen LogP contribution in [0.3, 0.4) is 0 Å². The topological polar surface area (TPSA) is 43.4 Å². The summed E-state index contributed by atoms with van der Waals surface area (Å²) in [6.07, 6.45) is 3.96. The zero-order valence-electron chi connectivity index (χ0n) is 11.3. The molecule has 1 atom stereocenters. The third-order valence-corrected chi connectivity index (χ3v) is 4.03. The van der Waals surface area contributed by atoms with E-state index >= 15 is 0 Å². The Hall–Kier alpha value is -0.650. The second-order valence-electron chi connectivity index (χ2n) is 4.90. The highest BCUT2D eigenvalue weighted by atomic mass is 79.9. The molecule has 0 spiro atoms. The molecule has 0 amide bonds. The van der Waals surface area contributed by atoms with Gasteiger partial charge in [0.25, 0.3) is 0 Å². The van der Waals surface area contributed by atoms with E-state index < -0.39 is 0 Å². The first-order chi connectivity index (χ1) is 9.25. The molecule has 1 aliphatic rings. The summed E-state index contributed by atoms with van der Waals surface area (Å²) in [4.78, 5) is 4.30. The van der Waals surface area contributed by atoms with Gasteiger partial charge in [-0.05, 0) is 47.3 Å². The van der Waals surface area contributed by atoms with Crippen molar-refractivity contribution in [1.29, 1.82) is 0 Å². The van der Waals surface area contributed by atoms with Gasteiger partial charge >= 0.3 is 0 Å². The Morgan fingerprint density at radius 1 is 1.58 bits per heavy atom. The maximum atomic E-state index is 5.65. The molecule has 1 fully saturated rings. The van der Waals surface area contributed by atoms with Crippen LogP contribution in [-0.2, 0) is 9.47 Å². The Morgan fingerprint density at radius 2 is 2.47 bits per heavy atom. The lowest BCUT2D eigenvalue weighted by atomic mass is 10.1. The first kappa shape index (κ1) is 14.8. The van der Waals surface area contributed by atoms with Crippen molar-refractivity contribution in [3.8, 4) is 0 Å². The van der Waals surface area contributed by atoms with Gasteiger partial charge in [-0.3, -0.25) is 0 Å². The summed E-state index contributed by atoms with van der Waals surface area (Å²) in [6.45, 7) is 6.32. The van der Waals surface area contributed by atoms with Crippen molar-refractivity contribution in [2.45, 2.75) is 19.8 Å². The van der Waals surface area contributed by atoms with Gasteiger partial charge in [0.2, 0.25) is 0 Å². The van der Waals surface area contributed by atoms with Crippen LogP contribution in [0.2, 0.25) is 0 Å². The average Bonchev–Trinajstić information content (AvgIpc) is 2.91. The van der Waals surface area contributed by atoms with Gasteiger partial charge in [0.1, 0.15) is 5.82 Å². The number of anilines is 1. The molecule has 4 nitrogen and oxygen atoms in total. The predicted octanol–water partition coefficient (Wildman–Crippen LogP) is 3.01. The average molecular weight is 329 g/mol. The fourth-order valence-corrected chi connectivity index (χ4v) is 2.21. The lowest BCUT2D eigenvalue weighted by molar-refractivity contribution is 0.0897. The minimum absolute atomic E-state index is 0.601. The molecule has 1 N–H and O–H groups in total. The number of hydrogen-bond acceptors (Lipinski definition) is 4. The fourth-order valence-electron chi connectivity index (χ4n) is 1.99. The first-order valence-electron chi connectivity index (χ1n) is 6.77. The van der Waals surface area contributed by atoms with Gasteiger partial charge in [0.15, 0.2) is 0 Å². The van der Waals surface area contributed by atoms with E-state index in [1.807, 2.05) is 12.3 Å². The Morgan fingerprint density at radius 3 is 3.21 bits per heavy atom. The Balaban J connectivity index is 1.54. The fraction of sp³-hybridized carbons (Fsp3) is 0.643. The van der Waals surface area contributed by atoms with E-state index in [-0.39, 0.29) is 0 Å². The summed E-state index contributed by atoms with van der Waals surface area (Å²) in [7, 11) is 0. The molecule has 0 radical (unpaired) electrons. The third-order valence-electron chi connectivity index (χ3n) is 3.20. The number of halogens is 1. The van der Waals surface area contributed by atoms with Gasteiger partial charge in [-0.15, -0.1) is 0 Å². The van der Waals surface area contributed by atoms with Gasteiger partial charge in [-0.25, -0.2) is 4.98 Å². The van der Waals surface area contributed by atoms with Crippen molar-refractivity contribution in [1.82, 2.24) is 4.98 Å². The van der Waals surface area contributed by atoms with E-state index in [4.69, 9.17) is 9.47 Å². The Labute approximate surface area is 123 Å². The van der Waals surface area contributed by atoms with E-state index in [1.54, 1.807) is 0 Å². The largest absolute Gasteiger partial charge is 0.381 e. The molecular weight excluding hydrogens is 308 g/mol. The first-order valence-corrected chi connectivity index (χ1v) is 7.56. The van der Waals surface area contributed by atoms with Crippen LogP contribution in [-0.4, -0.2) is 38.0 Å². The van der Waals surface area contributed by atoms with E-state index in [9.17, 15) is 0 Å². The lowest BCUT2D eigenvalue weighted by Crippen LogP contribution is -2.12. The number of nitrogens with zero attached hydrogens (tertiary/aromatic N) is 1. The molecule has 2 heterocycles. The molecule has 1 aromatic rings. The van der Waals surface area contributed by atoms with Crippen LogP contribution in [0.1, 0.15) is 18.4 Å². The molecule has 0 saturated carbocycles. The van der Waals surface area contributed by atoms with Crippen molar-refractivity contribution < 1.29 is 9.47 Å². The summed E-state index contributed by atoms with van der Waals surface area (Å²) in [6, 6.07) is 2.04. The molecular formula is C14H21BrN2O2. The second-order valence-corrected chi connectivity index (χ2v) is 5.76. The quantitative estimate of drug-likeness (QED) is 0.781. The van der Waals surface area contributed by atoms with Gasteiger partial charge in [0.05, 0.1) is 13.2 Å². The minimum Gasteiger partial charge on any atom is -0.381 e. The van der Waals surface area contributed by atoms with Crippen molar-refractivity contribution in [3.63, 3.8) is 0 Å². The molecule has 0 bridgehead atoms. The number of ether oxygens (including phenoxy) is 2. The Bertz CT molecular complexity index is 395. The highest BCUT2D eigenvalue weighted by Crippen LogP contribution is 2.17. The van der Waals surface area contributed by atoms with Crippen molar-refractivity contribution in [2.75, 3.05) is 38.3 Å². The van der Waals surface area contributed by atoms with Gasteiger partial charge in [0, 0.05) is 36.3 Å². The molecule has 1 unspecified atom stereocenters. The van der Waals surface area contributed by atoms with Crippen LogP contribution in [0, 0.1) is 12.8 Å². The van der Waals surface area contributed by atoms with Crippen LogP contribution < -0.4 is 5.32 Å². The summed E-state index contributed by atoms with van der Waals surface area (Å²) in [5.41, 5.74) is 1.19. The van der Waals surface area contributed by atoms with Crippen LogP contribution >= 0.6 is 15.9 Å². The van der Waals surface area contributed by atoms with E-state index in [2.05, 4.69) is 33.2 Å². The standard InChI is InChI=1S/C14H21BrN2O2/c1-11-7-14(17-8-13(11)15)16-4-2-5-18-9-12-3-6-19-10-12/h7-8,12H,2-6,9-10H2,1H3,(H,16,17). The summed E-state index contributed by atoms with van der Waals surface area (Å²) < 4.78 is 12.0. The Kier molecular flexibility index (Phi) is 6.07. The summed E-state index contributed by atoms with van der Waals surface area (Å²) in [5, 5.41) is 3.30. The SMILES string of the molecule is Cc1cc(NCCCOCC2CCOC2)ncc1Br. The number of rotatable bonds is 7. The second kappa shape index (κ2) is 7.82. The molecule has 1 aromatic heterocycles. The van der Waals surface area contributed by atoms with Crippen molar-refractivity contribution in [2.24, 2.45) is 5.92 Å². The molecule has 1 saturated heterocycles. The van der Waals surface area contributed by atoms with Gasteiger partial charge in [-0.2, -0.15) is 0 Å². The van der Waals surface area contributed by atoms with Crippen LogP contribution in [0.25, 0.3) is 0 Å². The number of nitrogens with one attached hydrogen (secondary N) is 1. The highest BCUT2D eigenvalue weighted by Gasteiger charge is 2.15. The van der Waals surface area contributed by atoms with E-state index in [0.29, 0.717) is 5.92 Å². The van der Waals surface area contributed by atoms with Crippen LogP contribution in [0.15, 0.2) is 16.7 Å². The van der Waals surface area contributed by atoms with E-state index in [0.717, 1.165) is 56.1 Å². The smallest absolute Gasteiger partial charge is 0.126 e. The van der Waals surface area contributed by atoms with Gasteiger partial charge in [-0.1, -0.05) is 0 Å². The molecule has 0 aromatic carbocycles. The summed E-state index contributed by atoms with van der Waals surface area (Å²) in [5.74, 6) is 1.52. The normalized spacial score (nSPS) is 18.7. The lowest BCUT2D eigenvalue weighted by Gasteiger charge is -2.10. The monoisotopic (exact) mass is 328 g/mol. The number of hydrogen-bond donors (Lipinski definition) is 1. The van der Waals surface area contributed by atoms with Crippen molar-refractivity contribution >= 4 is 21.7 Å². The predicted molar refractivity (Wildman–Crippen MR) is 79.5 cm³/mol. The molecule has 106 valence electrons. The maximum absolute atomic E-state index is 5.65. The number of pyridine rings is 1. The molecule has 1 aliphatic heterocycles. The minimum atomic E-state index is 0.601. The van der Waals surface area contributed by atoms with Crippen LogP contribution in [0.5, 0.6) is 0 Å². The zero-order chi connectivity index (χ0) is 13.5. The molecule has 2 rings (SSSR count). The maximum Gasteiger partial charge on any atom is 0.126 e. The number of aromatic nitrogens is 1. The third kappa shape index (κ3) is 5.09. The molecule has 19 heavy (non-hydrogen) atoms. The zero-order valence-corrected chi connectivity index (χ0v) is 12.9. The van der Waals surface area contributed by atoms with Gasteiger partial charge < -0.3 is 14.8 Å². The summed E-state index contributed by atoms with van der Waals surface area (Å²) >= 11 is 3.44. The molecule has 0 aliphatic carbocycles. The van der Waals surface area contributed by atoms with Crippen molar-refractivity contribution in [3.05, 3.63) is 22.3 Å². The van der Waals surface area contributed by atoms with Crippen LogP contribution in [0.4, 0.5) is 5.82 Å². The number of aryl methyl sites for hydroxylation is 1. The van der Waals surface area contributed by atoms with E-state index in [1.165, 1.54) is 5.56 Å². The molecule has 5 heteroatoms. The highest BCUT2D eigenvalue weighted by molar-refractivity contribution is 9.10.